The van der Waals surface area contributed by atoms with Crippen LogP contribution in [0.3, 0.4) is 0 Å². The zero-order valence-electron chi connectivity index (χ0n) is 8.41. The minimum Gasteiger partial charge on any atom is -0.0584 e. The first kappa shape index (κ1) is 10.4. The molecule has 0 amide bonds. The standard InChI is InChI=1S/C14H12Br/c1-2-11-3-5-12(6-4-11)13-7-9-14(15)10-8-13/h3-10H,1-2H2. The summed E-state index contributed by atoms with van der Waals surface area (Å²) in [4.78, 5) is 0. The van der Waals surface area contributed by atoms with Crippen molar-refractivity contribution < 1.29 is 0 Å². The fourth-order valence-electron chi connectivity index (χ4n) is 1.51. The second kappa shape index (κ2) is 4.63. The number of hydrogen-bond donors (Lipinski definition) is 0. The van der Waals surface area contributed by atoms with Crippen molar-refractivity contribution in [1.29, 1.82) is 0 Å². The Morgan fingerprint density at radius 2 is 1.27 bits per heavy atom. The molecule has 0 spiro atoms. The van der Waals surface area contributed by atoms with Crippen molar-refractivity contribution in [2.75, 3.05) is 0 Å². The van der Waals surface area contributed by atoms with Gasteiger partial charge < -0.3 is 0 Å². The van der Waals surface area contributed by atoms with Crippen molar-refractivity contribution in [2.45, 2.75) is 6.42 Å². The van der Waals surface area contributed by atoms with Crippen LogP contribution in [0.2, 0.25) is 0 Å². The van der Waals surface area contributed by atoms with Crippen molar-refractivity contribution in [2.24, 2.45) is 0 Å². The van der Waals surface area contributed by atoms with Crippen LogP contribution in [-0.4, -0.2) is 0 Å². The highest BCUT2D eigenvalue weighted by molar-refractivity contribution is 9.10. The van der Waals surface area contributed by atoms with Gasteiger partial charge in [0.25, 0.3) is 0 Å². The summed E-state index contributed by atoms with van der Waals surface area (Å²) in [7, 11) is 0. The molecule has 0 heterocycles. The summed E-state index contributed by atoms with van der Waals surface area (Å²) in [5.41, 5.74) is 3.77. The van der Waals surface area contributed by atoms with Crippen molar-refractivity contribution in [3.05, 3.63) is 65.5 Å². The quantitative estimate of drug-likeness (QED) is 0.746. The van der Waals surface area contributed by atoms with Crippen molar-refractivity contribution in [3.63, 3.8) is 0 Å². The van der Waals surface area contributed by atoms with Crippen molar-refractivity contribution >= 4 is 15.9 Å². The summed E-state index contributed by atoms with van der Waals surface area (Å²) in [5, 5.41) is 0. The Morgan fingerprint density at radius 1 is 0.800 bits per heavy atom. The molecule has 0 aliphatic carbocycles. The Morgan fingerprint density at radius 3 is 1.73 bits per heavy atom. The molecule has 0 N–H and O–H groups in total. The predicted molar refractivity (Wildman–Crippen MR) is 68.6 cm³/mol. The van der Waals surface area contributed by atoms with Crippen molar-refractivity contribution in [1.82, 2.24) is 0 Å². The largest absolute Gasteiger partial charge is 0.0584 e. The Kier molecular flexibility index (Phi) is 3.22. The van der Waals surface area contributed by atoms with Gasteiger partial charge in [0.1, 0.15) is 0 Å². The molecule has 0 aliphatic rings. The monoisotopic (exact) mass is 259 g/mol. The van der Waals surface area contributed by atoms with E-state index in [0.29, 0.717) is 0 Å². The number of benzene rings is 2. The average molecular weight is 260 g/mol. The van der Waals surface area contributed by atoms with Gasteiger partial charge in [0.15, 0.2) is 0 Å². The van der Waals surface area contributed by atoms with Gasteiger partial charge in [0, 0.05) is 4.47 Å². The Bertz CT molecular complexity index is 426. The molecule has 0 saturated heterocycles. The van der Waals surface area contributed by atoms with Gasteiger partial charge in [-0.2, -0.15) is 0 Å². The number of rotatable bonds is 2. The molecule has 2 aromatic carbocycles. The molecular formula is C14H12Br. The van der Waals surface area contributed by atoms with Gasteiger partial charge in [-0.25, -0.2) is 0 Å². The highest BCUT2D eigenvalue weighted by Crippen LogP contribution is 2.22. The lowest BCUT2D eigenvalue weighted by molar-refractivity contribution is 1.27. The lowest BCUT2D eigenvalue weighted by Gasteiger charge is -2.03. The van der Waals surface area contributed by atoms with E-state index in [2.05, 4.69) is 71.4 Å². The maximum atomic E-state index is 3.86. The highest BCUT2D eigenvalue weighted by Gasteiger charge is 1.97. The molecule has 0 nitrogen and oxygen atoms in total. The van der Waals surface area contributed by atoms with E-state index in [1.54, 1.807) is 0 Å². The zero-order chi connectivity index (χ0) is 10.7. The fraction of sp³-hybridized carbons (Fsp3) is 0.0714. The Balaban J connectivity index is 2.33. The van der Waals surface area contributed by atoms with Crippen LogP contribution < -0.4 is 0 Å². The molecule has 0 bridgehead atoms. The maximum absolute atomic E-state index is 3.86. The molecular weight excluding hydrogens is 248 g/mol. The van der Waals surface area contributed by atoms with Gasteiger partial charge in [-0.15, -0.1) is 0 Å². The minimum absolute atomic E-state index is 0.848. The van der Waals surface area contributed by atoms with Crippen LogP contribution in [0.5, 0.6) is 0 Å². The van der Waals surface area contributed by atoms with Gasteiger partial charge in [-0.1, -0.05) is 52.3 Å². The molecule has 2 aromatic rings. The molecule has 0 unspecified atom stereocenters. The van der Waals surface area contributed by atoms with Gasteiger partial charge in [-0.05, 0) is 42.2 Å². The van der Waals surface area contributed by atoms with Crippen LogP contribution in [0.4, 0.5) is 0 Å². The molecule has 0 aromatic heterocycles. The topological polar surface area (TPSA) is 0 Å². The van der Waals surface area contributed by atoms with E-state index in [-0.39, 0.29) is 0 Å². The number of hydrogen-bond acceptors (Lipinski definition) is 0. The Labute approximate surface area is 99.1 Å². The molecule has 0 atom stereocenters. The van der Waals surface area contributed by atoms with E-state index in [0.717, 1.165) is 10.9 Å². The molecule has 75 valence electrons. The summed E-state index contributed by atoms with van der Waals surface area (Å²) < 4.78 is 1.11. The lowest BCUT2D eigenvalue weighted by Crippen LogP contribution is -1.81. The van der Waals surface area contributed by atoms with Gasteiger partial charge in [0.05, 0.1) is 0 Å². The van der Waals surface area contributed by atoms with E-state index in [4.69, 9.17) is 0 Å². The summed E-state index contributed by atoms with van der Waals surface area (Å²) in [6.45, 7) is 3.86. The second-order valence-electron chi connectivity index (χ2n) is 3.45. The van der Waals surface area contributed by atoms with E-state index in [9.17, 15) is 0 Å². The number of halogens is 1. The zero-order valence-corrected chi connectivity index (χ0v) is 10.00. The molecule has 0 fully saturated rings. The molecule has 1 radical (unpaired) electrons. The van der Waals surface area contributed by atoms with Crippen LogP contribution in [0, 0.1) is 6.92 Å². The highest BCUT2D eigenvalue weighted by atomic mass is 79.9. The second-order valence-corrected chi connectivity index (χ2v) is 4.37. The van der Waals surface area contributed by atoms with Crippen LogP contribution in [-0.2, 0) is 6.42 Å². The third-order valence-corrected chi connectivity index (χ3v) is 2.95. The van der Waals surface area contributed by atoms with E-state index < -0.39 is 0 Å². The van der Waals surface area contributed by atoms with Crippen LogP contribution in [0.1, 0.15) is 5.56 Å². The summed E-state index contributed by atoms with van der Waals surface area (Å²) >= 11 is 3.43. The van der Waals surface area contributed by atoms with Gasteiger partial charge in [-0.3, -0.25) is 0 Å². The SMILES string of the molecule is [CH2]Cc1ccc(-c2ccc(Br)cc2)cc1. The summed E-state index contributed by atoms with van der Waals surface area (Å²) in [6.07, 6.45) is 0.848. The van der Waals surface area contributed by atoms with Crippen molar-refractivity contribution in [3.8, 4) is 11.1 Å². The normalized spacial score (nSPS) is 10.3. The third kappa shape index (κ3) is 2.48. The minimum atomic E-state index is 0.848. The molecule has 15 heavy (non-hydrogen) atoms. The predicted octanol–water partition coefficient (Wildman–Crippen LogP) is 4.49. The Hall–Kier alpha value is -1.08. The molecule has 2 rings (SSSR count). The summed E-state index contributed by atoms with van der Waals surface area (Å²) in [6, 6.07) is 16.9. The third-order valence-electron chi connectivity index (χ3n) is 2.42. The first-order valence-corrected chi connectivity index (χ1v) is 5.73. The van der Waals surface area contributed by atoms with Crippen LogP contribution in [0.15, 0.2) is 53.0 Å². The smallest absolute Gasteiger partial charge is 0.0175 e. The molecule has 1 heteroatoms. The lowest BCUT2D eigenvalue weighted by atomic mass is 10.0. The summed E-state index contributed by atoms with van der Waals surface area (Å²) in [5.74, 6) is 0. The molecule has 0 saturated carbocycles. The van der Waals surface area contributed by atoms with E-state index in [1.165, 1.54) is 16.7 Å². The van der Waals surface area contributed by atoms with E-state index in [1.807, 2.05) is 0 Å². The average Bonchev–Trinajstić information content (AvgIpc) is 2.30. The molecule has 0 aliphatic heterocycles. The fourth-order valence-corrected chi connectivity index (χ4v) is 1.77. The maximum Gasteiger partial charge on any atom is 0.0175 e. The van der Waals surface area contributed by atoms with Crippen LogP contribution in [0.25, 0.3) is 11.1 Å². The van der Waals surface area contributed by atoms with E-state index >= 15 is 0 Å². The van der Waals surface area contributed by atoms with Gasteiger partial charge >= 0.3 is 0 Å². The first-order valence-electron chi connectivity index (χ1n) is 4.94. The first-order chi connectivity index (χ1) is 7.29. The van der Waals surface area contributed by atoms with Gasteiger partial charge in [0.2, 0.25) is 0 Å². The van der Waals surface area contributed by atoms with Crippen LogP contribution >= 0.6 is 15.9 Å².